The Kier molecular flexibility index (Phi) is 7.60. The van der Waals surface area contributed by atoms with E-state index in [0.717, 1.165) is 0 Å². The van der Waals surface area contributed by atoms with Gasteiger partial charge in [0.15, 0.2) is 11.7 Å². The summed E-state index contributed by atoms with van der Waals surface area (Å²) in [7, 11) is -6.00. The first-order valence-corrected chi connectivity index (χ1v) is 9.65. The van der Waals surface area contributed by atoms with Gasteiger partial charge in [0.05, 0.1) is 0 Å². The Hall–Kier alpha value is -2.63. The van der Waals surface area contributed by atoms with E-state index in [1.807, 2.05) is 0 Å². The summed E-state index contributed by atoms with van der Waals surface area (Å²) in [5.41, 5.74) is 6.49. The summed E-state index contributed by atoms with van der Waals surface area (Å²) >= 11 is 0. The van der Waals surface area contributed by atoms with Crippen LogP contribution in [0.2, 0.25) is 0 Å². The van der Waals surface area contributed by atoms with E-state index in [0.29, 0.717) is 12.0 Å². The van der Waals surface area contributed by atoms with E-state index in [9.17, 15) is 17.3 Å². The Morgan fingerprint density at radius 3 is 1.52 bits per heavy atom. The molecule has 3 aromatic rings. The van der Waals surface area contributed by atoms with Gasteiger partial charge in [-0.15, -0.1) is 0 Å². The maximum atomic E-state index is 9.75. The SMILES string of the molecule is CC(C)c1cc(-c2ccccc2)cc(-c2ccccc2)[n+]1C(C)C.F[B-](F)(F)F. The highest BCUT2D eigenvalue weighted by molar-refractivity contribution is 6.50. The first kappa shape index (κ1) is 22.7. The van der Waals surface area contributed by atoms with E-state index in [-0.39, 0.29) is 0 Å². The molecule has 0 saturated heterocycles. The van der Waals surface area contributed by atoms with Crippen molar-refractivity contribution >= 4 is 7.25 Å². The molecule has 0 spiro atoms. The second-order valence-corrected chi connectivity index (χ2v) is 7.40. The lowest BCUT2D eigenvalue weighted by Crippen LogP contribution is -2.43. The lowest BCUT2D eigenvalue weighted by Gasteiger charge is -2.16. The summed E-state index contributed by atoms with van der Waals surface area (Å²) < 4.78 is 41.5. The standard InChI is InChI=1S/C23H26N.BF4/c1-17(2)22-15-21(19-11-7-5-8-12-19)16-23(24(22)18(3)4)20-13-9-6-10-14-20;2-1(3,4)5/h5-18H,1-4H3;/q+1;-1. The smallest absolute Gasteiger partial charge is 0.418 e. The highest BCUT2D eigenvalue weighted by Gasteiger charge is 2.25. The zero-order valence-corrected chi connectivity index (χ0v) is 17.1. The van der Waals surface area contributed by atoms with Crippen molar-refractivity contribution in [3.63, 3.8) is 0 Å². The molecule has 0 atom stereocenters. The number of rotatable bonds is 4. The minimum atomic E-state index is -6.00. The summed E-state index contributed by atoms with van der Waals surface area (Å²) in [6.45, 7) is 9.08. The largest absolute Gasteiger partial charge is 0.673 e. The number of hydrogen-bond donors (Lipinski definition) is 0. The third-order valence-electron chi connectivity index (χ3n) is 4.42. The van der Waals surface area contributed by atoms with Crippen LogP contribution in [0.1, 0.15) is 45.3 Å². The molecular formula is C23H26BF4N. The zero-order valence-electron chi connectivity index (χ0n) is 17.1. The minimum absolute atomic E-state index is 0.419. The number of pyridine rings is 1. The molecule has 0 aliphatic rings. The van der Waals surface area contributed by atoms with Gasteiger partial charge in [0.25, 0.3) is 0 Å². The second kappa shape index (κ2) is 9.72. The molecule has 154 valence electrons. The van der Waals surface area contributed by atoms with Gasteiger partial charge >= 0.3 is 7.25 Å². The summed E-state index contributed by atoms with van der Waals surface area (Å²) in [4.78, 5) is 0. The van der Waals surface area contributed by atoms with Gasteiger partial charge in [-0.25, -0.2) is 0 Å². The molecule has 0 bridgehead atoms. The van der Waals surface area contributed by atoms with Gasteiger partial charge in [0.1, 0.15) is 0 Å². The molecule has 1 heterocycles. The Morgan fingerprint density at radius 2 is 1.10 bits per heavy atom. The van der Waals surface area contributed by atoms with Crippen molar-refractivity contribution < 1.29 is 21.8 Å². The molecule has 1 nitrogen and oxygen atoms in total. The van der Waals surface area contributed by atoms with Gasteiger partial charge in [-0.1, -0.05) is 62.4 Å². The first-order chi connectivity index (χ1) is 13.6. The second-order valence-electron chi connectivity index (χ2n) is 7.40. The quantitative estimate of drug-likeness (QED) is 0.244. The molecule has 0 unspecified atom stereocenters. The highest BCUT2D eigenvalue weighted by atomic mass is 19.5. The summed E-state index contributed by atoms with van der Waals surface area (Å²) in [5, 5.41) is 0. The van der Waals surface area contributed by atoms with Gasteiger partial charge in [0, 0.05) is 23.6 Å². The molecule has 0 radical (unpaired) electrons. The van der Waals surface area contributed by atoms with Crippen molar-refractivity contribution in [2.75, 3.05) is 0 Å². The number of hydrogen-bond acceptors (Lipinski definition) is 0. The molecule has 1 aromatic heterocycles. The first-order valence-electron chi connectivity index (χ1n) is 9.65. The van der Waals surface area contributed by atoms with E-state index < -0.39 is 7.25 Å². The summed E-state index contributed by atoms with van der Waals surface area (Å²) in [5.74, 6) is 0.471. The predicted molar refractivity (Wildman–Crippen MR) is 112 cm³/mol. The molecule has 3 rings (SSSR count). The van der Waals surface area contributed by atoms with Crippen molar-refractivity contribution in [1.29, 1.82) is 0 Å². The van der Waals surface area contributed by atoms with Gasteiger partial charge in [-0.3, -0.25) is 0 Å². The molecular weight excluding hydrogens is 377 g/mol. The lowest BCUT2D eigenvalue weighted by molar-refractivity contribution is -0.713. The monoisotopic (exact) mass is 403 g/mol. The van der Waals surface area contributed by atoms with Crippen LogP contribution in [0.3, 0.4) is 0 Å². The van der Waals surface area contributed by atoms with Gasteiger partial charge in [-0.2, -0.15) is 4.57 Å². The van der Waals surface area contributed by atoms with E-state index in [2.05, 4.69) is 105 Å². The molecule has 0 N–H and O–H groups in total. The fourth-order valence-corrected chi connectivity index (χ4v) is 3.28. The van der Waals surface area contributed by atoms with Gasteiger partial charge in [-0.05, 0) is 37.1 Å². The van der Waals surface area contributed by atoms with E-state index in [1.165, 1.54) is 28.1 Å². The van der Waals surface area contributed by atoms with Crippen LogP contribution < -0.4 is 4.57 Å². The fourth-order valence-electron chi connectivity index (χ4n) is 3.28. The molecule has 0 aliphatic heterocycles. The average Bonchev–Trinajstić information content (AvgIpc) is 2.67. The summed E-state index contributed by atoms with van der Waals surface area (Å²) in [6.07, 6.45) is 0. The van der Waals surface area contributed by atoms with Crippen molar-refractivity contribution in [3.05, 3.63) is 78.5 Å². The zero-order chi connectivity index (χ0) is 21.6. The van der Waals surface area contributed by atoms with Crippen LogP contribution in [-0.4, -0.2) is 7.25 Å². The van der Waals surface area contributed by atoms with Gasteiger partial charge in [0.2, 0.25) is 5.69 Å². The average molecular weight is 403 g/mol. The third kappa shape index (κ3) is 6.73. The van der Waals surface area contributed by atoms with Crippen LogP contribution in [0.4, 0.5) is 17.3 Å². The molecule has 0 amide bonds. The molecule has 2 aromatic carbocycles. The van der Waals surface area contributed by atoms with Crippen LogP contribution in [-0.2, 0) is 0 Å². The van der Waals surface area contributed by atoms with Crippen LogP contribution >= 0.6 is 0 Å². The Labute approximate surface area is 170 Å². The number of nitrogens with zero attached hydrogens (tertiary/aromatic N) is 1. The van der Waals surface area contributed by atoms with E-state index >= 15 is 0 Å². The Bertz CT molecular complexity index is 901. The van der Waals surface area contributed by atoms with Crippen molar-refractivity contribution in [2.45, 2.75) is 39.7 Å². The predicted octanol–water partition coefficient (Wildman–Crippen LogP) is 7.31. The van der Waals surface area contributed by atoms with E-state index in [1.54, 1.807) is 0 Å². The number of benzene rings is 2. The van der Waals surface area contributed by atoms with Crippen LogP contribution in [0, 0.1) is 0 Å². The van der Waals surface area contributed by atoms with Crippen LogP contribution in [0.25, 0.3) is 22.4 Å². The lowest BCUT2D eigenvalue weighted by atomic mass is 9.97. The maximum Gasteiger partial charge on any atom is 0.673 e. The molecule has 6 heteroatoms. The van der Waals surface area contributed by atoms with E-state index in [4.69, 9.17) is 0 Å². The minimum Gasteiger partial charge on any atom is -0.418 e. The molecule has 0 fully saturated rings. The topological polar surface area (TPSA) is 3.88 Å². The highest BCUT2D eigenvalue weighted by Crippen LogP contribution is 2.28. The molecule has 0 saturated carbocycles. The molecule has 0 aliphatic carbocycles. The van der Waals surface area contributed by atoms with Gasteiger partial charge < -0.3 is 17.3 Å². The Balaban J connectivity index is 0.000000537. The van der Waals surface area contributed by atoms with Crippen LogP contribution in [0.5, 0.6) is 0 Å². The number of halogens is 4. The number of aromatic nitrogens is 1. The van der Waals surface area contributed by atoms with Crippen molar-refractivity contribution in [3.8, 4) is 22.4 Å². The maximum absolute atomic E-state index is 9.75. The van der Waals surface area contributed by atoms with Crippen molar-refractivity contribution in [2.24, 2.45) is 0 Å². The van der Waals surface area contributed by atoms with Crippen LogP contribution in [0.15, 0.2) is 72.8 Å². The fraction of sp³-hybridized carbons (Fsp3) is 0.261. The molecule has 29 heavy (non-hydrogen) atoms. The Morgan fingerprint density at radius 1 is 0.655 bits per heavy atom. The summed E-state index contributed by atoms with van der Waals surface area (Å²) in [6, 6.07) is 26.5. The van der Waals surface area contributed by atoms with Crippen molar-refractivity contribution in [1.82, 2.24) is 0 Å². The normalized spacial score (nSPS) is 11.4. The third-order valence-corrected chi connectivity index (χ3v) is 4.42.